The fourth-order valence-electron chi connectivity index (χ4n) is 8.62. The summed E-state index contributed by atoms with van der Waals surface area (Å²) in [5.74, 6) is -1.97. The van der Waals surface area contributed by atoms with E-state index in [1.807, 2.05) is 13.8 Å². The molecule has 0 radical (unpaired) electrons. The highest BCUT2D eigenvalue weighted by Crippen LogP contribution is 2.70. The molecule has 1 unspecified atom stereocenters. The zero-order chi connectivity index (χ0) is 30.6. The van der Waals surface area contributed by atoms with Crippen LogP contribution in [0.15, 0.2) is 0 Å². The van der Waals surface area contributed by atoms with E-state index in [1.54, 1.807) is 6.92 Å². The lowest BCUT2D eigenvalue weighted by atomic mass is 9.41. The van der Waals surface area contributed by atoms with Crippen molar-refractivity contribution in [2.75, 3.05) is 19.8 Å². The Kier molecular flexibility index (Phi) is 8.75. The minimum absolute atomic E-state index is 0.00830. The molecule has 13 atom stereocenters. The van der Waals surface area contributed by atoms with Crippen LogP contribution in [0.4, 0.5) is 0 Å². The third-order valence-corrected chi connectivity index (χ3v) is 11.2. The number of carbonyl (C=O) groups excluding carboxylic acids is 3. The summed E-state index contributed by atoms with van der Waals surface area (Å²) in [6, 6.07) is 0. The highest BCUT2D eigenvalue weighted by Gasteiger charge is 2.81. The fraction of sp³-hybridized carbons (Fsp3) is 0.903. The molecule has 2 aliphatic carbocycles. The molecular formula is C31H48O11. The third-order valence-electron chi connectivity index (χ3n) is 11.2. The Bertz CT molecular complexity index is 1030. The summed E-state index contributed by atoms with van der Waals surface area (Å²) < 4.78 is 42.6. The van der Waals surface area contributed by atoms with Crippen LogP contribution < -0.4 is 0 Å². The lowest BCUT2D eigenvalue weighted by molar-refractivity contribution is -0.290. The number of fused-ring (bicyclic) bond motifs is 3. The van der Waals surface area contributed by atoms with Gasteiger partial charge in [0.15, 0.2) is 18.7 Å². The Morgan fingerprint density at radius 1 is 1.02 bits per heavy atom. The molecule has 0 aromatic rings. The van der Waals surface area contributed by atoms with Gasteiger partial charge >= 0.3 is 17.9 Å². The van der Waals surface area contributed by atoms with Crippen LogP contribution in [0.2, 0.25) is 0 Å². The molecule has 11 nitrogen and oxygen atoms in total. The smallest absolute Gasteiger partial charge is 0.309 e. The molecular weight excluding hydrogens is 548 g/mol. The Labute approximate surface area is 248 Å². The first-order valence-electron chi connectivity index (χ1n) is 15.6. The van der Waals surface area contributed by atoms with Crippen LogP contribution in [0.5, 0.6) is 0 Å². The fourth-order valence-corrected chi connectivity index (χ4v) is 8.62. The Morgan fingerprint density at radius 2 is 1.74 bits per heavy atom. The van der Waals surface area contributed by atoms with E-state index < -0.39 is 58.9 Å². The summed E-state index contributed by atoms with van der Waals surface area (Å²) >= 11 is 0. The van der Waals surface area contributed by atoms with E-state index in [1.165, 1.54) is 13.8 Å². The van der Waals surface area contributed by atoms with Crippen molar-refractivity contribution in [2.24, 2.45) is 34.5 Å². The van der Waals surface area contributed by atoms with E-state index in [2.05, 4.69) is 13.8 Å². The predicted octanol–water partition coefficient (Wildman–Crippen LogP) is 3.14. The van der Waals surface area contributed by atoms with Gasteiger partial charge in [0.05, 0.1) is 30.1 Å². The quantitative estimate of drug-likeness (QED) is 0.239. The van der Waals surface area contributed by atoms with Gasteiger partial charge in [0.25, 0.3) is 0 Å². The topological polar surface area (TPSA) is 139 Å². The zero-order valence-corrected chi connectivity index (χ0v) is 26.0. The van der Waals surface area contributed by atoms with Gasteiger partial charge in [-0.25, -0.2) is 0 Å². The molecule has 0 aromatic heterocycles. The van der Waals surface area contributed by atoms with Crippen molar-refractivity contribution >= 4 is 17.9 Å². The highest BCUT2D eigenvalue weighted by molar-refractivity contribution is 5.72. The standard InChI is InChI=1S/C31H48O11/c1-8-16(3)27(35)42-26-21(34)13-22-29(7,23-11-20-12-25(36-9-2)41-28(20)40-23)17(4)10-24(39-19(6)33)30(22,14-37-18(5)32)31(26)15-38-31/h16-17,20-26,28,34H,8-15H2,1-7H3/t16?,17-,20+,21-,22-,23+,24+,25-,26+,28-,29+,30+,31-/m1/s1. The molecule has 0 amide bonds. The number of aliphatic hydroxyl groups excluding tert-OH is 1. The maximum absolute atomic E-state index is 13.1. The normalized spacial score (nSPS) is 46.4. The van der Waals surface area contributed by atoms with Gasteiger partial charge in [0.1, 0.15) is 18.3 Å². The average Bonchev–Trinajstić information content (AvgIpc) is 3.48. The first kappa shape index (κ1) is 31.6. The van der Waals surface area contributed by atoms with Crippen molar-refractivity contribution in [2.45, 2.75) is 123 Å². The summed E-state index contributed by atoms with van der Waals surface area (Å²) in [5, 5.41) is 11.7. The van der Waals surface area contributed by atoms with Crippen molar-refractivity contribution in [3.8, 4) is 0 Å². The van der Waals surface area contributed by atoms with Crippen LogP contribution in [0.3, 0.4) is 0 Å². The SMILES string of the molecule is CCO[C@H]1C[C@@H]2C[C@@H]([C@@]3(C)[C@H](C)C[C@H](OC(C)=O)[C@]4(COC(C)=O)[C@@H]3C[C@@H](O)[C@H](OC(=O)C(C)CC)[C@]43CO3)O[C@@H]2O1. The van der Waals surface area contributed by atoms with Crippen LogP contribution in [-0.4, -0.2) is 85.4 Å². The largest absolute Gasteiger partial charge is 0.465 e. The summed E-state index contributed by atoms with van der Waals surface area (Å²) in [6.07, 6.45) is -0.956. The summed E-state index contributed by atoms with van der Waals surface area (Å²) in [6.45, 7) is 13.2. The second kappa shape index (κ2) is 11.6. The van der Waals surface area contributed by atoms with Gasteiger partial charge in [-0.3, -0.25) is 14.4 Å². The summed E-state index contributed by atoms with van der Waals surface area (Å²) in [5.41, 5.74) is -2.86. The van der Waals surface area contributed by atoms with E-state index in [0.29, 0.717) is 19.4 Å². The van der Waals surface area contributed by atoms with Crippen LogP contribution in [0.1, 0.15) is 80.6 Å². The molecule has 5 fully saturated rings. The van der Waals surface area contributed by atoms with E-state index in [0.717, 1.165) is 12.8 Å². The van der Waals surface area contributed by atoms with Gasteiger partial charge in [-0.05, 0) is 44.4 Å². The molecule has 0 bridgehead atoms. The molecule has 2 saturated carbocycles. The highest BCUT2D eigenvalue weighted by atomic mass is 16.8. The monoisotopic (exact) mass is 596 g/mol. The number of epoxide rings is 1. The first-order chi connectivity index (χ1) is 19.8. The van der Waals surface area contributed by atoms with Gasteiger partial charge in [-0.2, -0.15) is 0 Å². The lowest BCUT2D eigenvalue weighted by Gasteiger charge is -2.65. The maximum Gasteiger partial charge on any atom is 0.309 e. The Hall–Kier alpha value is -1.79. The molecule has 5 aliphatic rings. The molecule has 238 valence electrons. The van der Waals surface area contributed by atoms with E-state index >= 15 is 0 Å². The van der Waals surface area contributed by atoms with Crippen LogP contribution in [0, 0.1) is 34.5 Å². The molecule has 11 heteroatoms. The van der Waals surface area contributed by atoms with Crippen LogP contribution >= 0.6 is 0 Å². The van der Waals surface area contributed by atoms with Crippen molar-refractivity contribution in [3.63, 3.8) is 0 Å². The molecule has 0 aromatic carbocycles. The Balaban J connectivity index is 1.57. The molecule has 3 saturated heterocycles. The number of hydrogen-bond acceptors (Lipinski definition) is 11. The number of rotatable bonds is 9. The van der Waals surface area contributed by atoms with Gasteiger partial charge < -0.3 is 38.3 Å². The van der Waals surface area contributed by atoms with Crippen molar-refractivity contribution < 1.29 is 52.6 Å². The maximum atomic E-state index is 13.1. The van der Waals surface area contributed by atoms with Gasteiger partial charge in [0, 0.05) is 38.2 Å². The van der Waals surface area contributed by atoms with Crippen molar-refractivity contribution in [1.82, 2.24) is 0 Å². The van der Waals surface area contributed by atoms with E-state index in [4.69, 9.17) is 33.2 Å². The van der Waals surface area contributed by atoms with Gasteiger partial charge in [-0.15, -0.1) is 0 Å². The molecule has 1 spiro atoms. The summed E-state index contributed by atoms with van der Waals surface area (Å²) in [4.78, 5) is 37.9. The number of esters is 3. The minimum atomic E-state index is -1.21. The average molecular weight is 597 g/mol. The van der Waals surface area contributed by atoms with Crippen LogP contribution in [0.25, 0.3) is 0 Å². The predicted molar refractivity (Wildman–Crippen MR) is 147 cm³/mol. The third kappa shape index (κ3) is 4.97. The molecule has 1 N–H and O–H groups in total. The number of ether oxygens (including phenoxy) is 7. The first-order valence-corrected chi connectivity index (χ1v) is 15.6. The van der Waals surface area contributed by atoms with Gasteiger partial charge in [-0.1, -0.05) is 27.7 Å². The number of aliphatic hydroxyl groups is 1. The molecule has 3 heterocycles. The van der Waals surface area contributed by atoms with Crippen molar-refractivity contribution in [1.29, 1.82) is 0 Å². The van der Waals surface area contributed by atoms with Crippen LogP contribution in [-0.2, 0) is 47.5 Å². The molecule has 5 rings (SSSR count). The Morgan fingerprint density at radius 3 is 2.31 bits per heavy atom. The van der Waals surface area contributed by atoms with Crippen molar-refractivity contribution in [3.05, 3.63) is 0 Å². The second-order valence-corrected chi connectivity index (χ2v) is 13.4. The minimum Gasteiger partial charge on any atom is -0.465 e. The van der Waals surface area contributed by atoms with E-state index in [9.17, 15) is 19.5 Å². The lowest BCUT2D eigenvalue weighted by Crippen LogP contribution is -2.74. The number of hydrogen-bond donors (Lipinski definition) is 1. The number of carbonyl (C=O) groups is 3. The molecule has 42 heavy (non-hydrogen) atoms. The molecule has 3 aliphatic heterocycles. The van der Waals surface area contributed by atoms with E-state index in [-0.39, 0.29) is 55.7 Å². The van der Waals surface area contributed by atoms with Gasteiger partial charge in [0.2, 0.25) is 0 Å². The zero-order valence-electron chi connectivity index (χ0n) is 26.0. The second-order valence-electron chi connectivity index (χ2n) is 13.4. The summed E-state index contributed by atoms with van der Waals surface area (Å²) in [7, 11) is 0.